The minimum atomic E-state index is 0.525. The molecule has 0 aliphatic carbocycles. The van der Waals surface area contributed by atoms with Gasteiger partial charge in [0.2, 0.25) is 0 Å². The van der Waals surface area contributed by atoms with E-state index >= 15 is 0 Å². The molecular formula is C23H28N4O2. The quantitative estimate of drug-likeness (QED) is 0.513. The molecule has 2 aromatic carbocycles. The van der Waals surface area contributed by atoms with E-state index in [1.54, 1.807) is 7.11 Å². The fraction of sp³-hybridized carbons (Fsp3) is 0.304. The highest BCUT2D eigenvalue weighted by Crippen LogP contribution is 2.22. The number of benzene rings is 2. The van der Waals surface area contributed by atoms with E-state index in [-0.39, 0.29) is 0 Å². The van der Waals surface area contributed by atoms with E-state index in [4.69, 9.17) is 19.4 Å². The Balaban J connectivity index is 1.69. The van der Waals surface area contributed by atoms with Crippen LogP contribution in [0.15, 0.2) is 60.7 Å². The number of nitrogens with one attached hydrogen (secondary N) is 1. The Kier molecular flexibility index (Phi) is 7.28. The van der Waals surface area contributed by atoms with E-state index in [0.29, 0.717) is 19.0 Å². The topological polar surface area (TPSA) is 59.5 Å². The Morgan fingerprint density at radius 2 is 1.59 bits per heavy atom. The first-order valence-corrected chi connectivity index (χ1v) is 9.93. The maximum absolute atomic E-state index is 5.79. The molecule has 3 aromatic rings. The summed E-state index contributed by atoms with van der Waals surface area (Å²) in [5, 5.41) is 3.36. The first-order chi connectivity index (χ1) is 14.2. The zero-order valence-electron chi connectivity index (χ0n) is 17.3. The summed E-state index contributed by atoms with van der Waals surface area (Å²) < 4.78 is 11.0. The van der Waals surface area contributed by atoms with Crippen molar-refractivity contribution < 1.29 is 9.47 Å². The second-order valence-corrected chi connectivity index (χ2v) is 6.42. The summed E-state index contributed by atoms with van der Waals surface area (Å²) in [6.45, 7) is 7.20. The highest BCUT2D eigenvalue weighted by Gasteiger charge is 2.10. The molecule has 0 spiro atoms. The van der Waals surface area contributed by atoms with Crippen LogP contribution in [0, 0.1) is 0 Å². The predicted octanol–water partition coefficient (Wildman–Crippen LogP) is 4.49. The molecule has 0 bridgehead atoms. The Labute approximate surface area is 172 Å². The molecule has 0 amide bonds. The van der Waals surface area contributed by atoms with Gasteiger partial charge in [-0.3, -0.25) is 0 Å². The van der Waals surface area contributed by atoms with E-state index in [1.807, 2.05) is 60.7 Å². The zero-order valence-corrected chi connectivity index (χ0v) is 17.3. The molecule has 1 aromatic heterocycles. The first-order valence-electron chi connectivity index (χ1n) is 9.93. The average Bonchev–Trinajstić information content (AvgIpc) is 2.78. The van der Waals surface area contributed by atoms with Gasteiger partial charge in [-0.1, -0.05) is 30.3 Å². The van der Waals surface area contributed by atoms with Crippen molar-refractivity contribution in [1.29, 1.82) is 0 Å². The molecule has 0 unspecified atom stereocenters. The summed E-state index contributed by atoms with van der Waals surface area (Å²) in [6.07, 6.45) is 0. The largest absolute Gasteiger partial charge is 0.497 e. The van der Waals surface area contributed by atoms with Crippen LogP contribution in [0.2, 0.25) is 0 Å². The van der Waals surface area contributed by atoms with Gasteiger partial charge in [-0.2, -0.15) is 0 Å². The van der Waals surface area contributed by atoms with Gasteiger partial charge in [0, 0.05) is 24.7 Å². The minimum absolute atomic E-state index is 0.525. The normalized spacial score (nSPS) is 10.4. The summed E-state index contributed by atoms with van der Waals surface area (Å²) in [5.74, 6) is 4.05. The molecule has 0 aliphatic rings. The molecule has 3 rings (SSSR count). The average molecular weight is 393 g/mol. The van der Waals surface area contributed by atoms with Crippen molar-refractivity contribution in [3.8, 4) is 22.9 Å². The molecule has 0 radical (unpaired) electrons. The Morgan fingerprint density at radius 3 is 2.24 bits per heavy atom. The van der Waals surface area contributed by atoms with Crippen molar-refractivity contribution in [3.63, 3.8) is 0 Å². The fourth-order valence-electron chi connectivity index (χ4n) is 2.97. The Morgan fingerprint density at radius 1 is 0.897 bits per heavy atom. The number of ether oxygens (including phenoxy) is 2. The maximum atomic E-state index is 5.79. The van der Waals surface area contributed by atoms with Gasteiger partial charge in [0.25, 0.3) is 0 Å². The number of methoxy groups -OCH3 is 1. The van der Waals surface area contributed by atoms with E-state index < -0.39 is 0 Å². The van der Waals surface area contributed by atoms with Crippen molar-refractivity contribution in [1.82, 2.24) is 9.97 Å². The van der Waals surface area contributed by atoms with Crippen molar-refractivity contribution in [2.75, 3.05) is 43.6 Å². The van der Waals surface area contributed by atoms with Gasteiger partial charge in [0.1, 0.15) is 29.7 Å². The molecule has 1 N–H and O–H groups in total. The summed E-state index contributed by atoms with van der Waals surface area (Å²) in [5.41, 5.74) is 0.999. The molecule has 6 nitrogen and oxygen atoms in total. The van der Waals surface area contributed by atoms with Gasteiger partial charge < -0.3 is 19.7 Å². The lowest BCUT2D eigenvalue weighted by Crippen LogP contribution is -2.23. The Hall–Kier alpha value is -3.28. The van der Waals surface area contributed by atoms with Crippen molar-refractivity contribution >= 4 is 11.6 Å². The van der Waals surface area contributed by atoms with Gasteiger partial charge in [-0.05, 0) is 38.1 Å². The van der Waals surface area contributed by atoms with Crippen molar-refractivity contribution in [2.24, 2.45) is 0 Å². The smallest absolute Gasteiger partial charge is 0.163 e. The third kappa shape index (κ3) is 5.60. The van der Waals surface area contributed by atoms with E-state index in [1.165, 1.54) is 0 Å². The van der Waals surface area contributed by atoms with E-state index in [0.717, 1.165) is 41.8 Å². The number of rotatable bonds is 10. The zero-order chi connectivity index (χ0) is 20.5. The number of hydrogen-bond donors (Lipinski definition) is 1. The highest BCUT2D eigenvalue weighted by molar-refractivity contribution is 5.61. The number of hydrogen-bond acceptors (Lipinski definition) is 6. The number of aromatic nitrogens is 2. The third-order valence-corrected chi connectivity index (χ3v) is 4.57. The van der Waals surface area contributed by atoms with Crippen LogP contribution in [-0.4, -0.2) is 43.3 Å². The summed E-state index contributed by atoms with van der Waals surface area (Å²) in [4.78, 5) is 11.7. The summed E-state index contributed by atoms with van der Waals surface area (Å²) >= 11 is 0. The van der Waals surface area contributed by atoms with Crippen LogP contribution in [0.25, 0.3) is 11.4 Å². The molecule has 0 saturated heterocycles. The lowest BCUT2D eigenvalue weighted by atomic mass is 10.2. The number of nitrogens with zero attached hydrogens (tertiary/aromatic N) is 3. The molecule has 0 fully saturated rings. The summed E-state index contributed by atoms with van der Waals surface area (Å²) in [6, 6.07) is 19.6. The third-order valence-electron chi connectivity index (χ3n) is 4.57. The molecule has 6 heteroatoms. The summed E-state index contributed by atoms with van der Waals surface area (Å²) in [7, 11) is 1.65. The van der Waals surface area contributed by atoms with Crippen LogP contribution in [0.5, 0.6) is 11.5 Å². The van der Waals surface area contributed by atoms with Gasteiger partial charge >= 0.3 is 0 Å². The molecular weight excluding hydrogens is 364 g/mol. The van der Waals surface area contributed by atoms with Gasteiger partial charge in [0.05, 0.1) is 13.7 Å². The number of anilines is 2. The lowest BCUT2D eigenvalue weighted by Gasteiger charge is -2.21. The highest BCUT2D eigenvalue weighted by atomic mass is 16.5. The van der Waals surface area contributed by atoms with Crippen molar-refractivity contribution in [2.45, 2.75) is 13.8 Å². The molecule has 1 heterocycles. The Bertz CT molecular complexity index is 881. The molecule has 0 aliphatic heterocycles. The van der Waals surface area contributed by atoms with Crippen LogP contribution in [0.3, 0.4) is 0 Å². The van der Waals surface area contributed by atoms with Crippen LogP contribution in [0.4, 0.5) is 11.6 Å². The van der Waals surface area contributed by atoms with Crippen LogP contribution < -0.4 is 19.7 Å². The second-order valence-electron chi connectivity index (χ2n) is 6.42. The molecule has 29 heavy (non-hydrogen) atoms. The lowest BCUT2D eigenvalue weighted by molar-refractivity contribution is 0.331. The van der Waals surface area contributed by atoms with Crippen LogP contribution in [0.1, 0.15) is 13.8 Å². The predicted molar refractivity (Wildman–Crippen MR) is 118 cm³/mol. The van der Waals surface area contributed by atoms with E-state index in [2.05, 4.69) is 24.1 Å². The molecule has 152 valence electrons. The minimum Gasteiger partial charge on any atom is -0.497 e. The molecule has 0 atom stereocenters. The maximum Gasteiger partial charge on any atom is 0.163 e. The fourth-order valence-corrected chi connectivity index (χ4v) is 2.97. The second kappa shape index (κ2) is 10.3. The SMILES string of the molecule is CCN(CC)c1cc(NCCOc2ccc(OC)cc2)nc(-c2ccccc2)n1. The van der Waals surface area contributed by atoms with Crippen LogP contribution in [-0.2, 0) is 0 Å². The van der Waals surface area contributed by atoms with Crippen molar-refractivity contribution in [3.05, 3.63) is 60.7 Å². The first kappa shape index (κ1) is 20.5. The van der Waals surface area contributed by atoms with E-state index in [9.17, 15) is 0 Å². The van der Waals surface area contributed by atoms with Gasteiger partial charge in [0.15, 0.2) is 5.82 Å². The van der Waals surface area contributed by atoms with Gasteiger partial charge in [-0.15, -0.1) is 0 Å². The standard InChI is InChI=1S/C23H28N4O2/c1-4-27(5-2)22-17-21(25-23(26-22)18-9-7-6-8-10-18)24-15-16-29-20-13-11-19(28-3)12-14-20/h6-14,17H,4-5,15-16H2,1-3H3,(H,24,25,26). The van der Waals surface area contributed by atoms with Crippen LogP contribution >= 0.6 is 0 Å². The monoisotopic (exact) mass is 392 g/mol. The van der Waals surface area contributed by atoms with Gasteiger partial charge in [-0.25, -0.2) is 9.97 Å². The molecule has 0 saturated carbocycles.